The zero-order valence-corrected chi connectivity index (χ0v) is 12.8. The van der Waals surface area contributed by atoms with E-state index >= 15 is 0 Å². The number of carbonyl (C=O) groups excluding carboxylic acids is 1. The Hall–Kier alpha value is -3.01. The number of para-hydroxylation sites is 1. The Labute approximate surface area is 138 Å². The van der Waals surface area contributed by atoms with Crippen molar-refractivity contribution in [3.63, 3.8) is 0 Å². The molecule has 3 nitrogen and oxygen atoms in total. The summed E-state index contributed by atoms with van der Waals surface area (Å²) in [6, 6.07) is 13.6. The van der Waals surface area contributed by atoms with E-state index in [1.54, 1.807) is 42.5 Å². The molecule has 0 saturated carbocycles. The van der Waals surface area contributed by atoms with Gasteiger partial charge in [0.2, 0.25) is 0 Å². The molecule has 0 bridgehead atoms. The maximum absolute atomic E-state index is 13.9. The van der Waals surface area contributed by atoms with Crippen LogP contribution in [-0.4, -0.2) is 11.0 Å². The minimum Gasteiger partial charge on any atom is -0.545 e. The zero-order valence-electron chi connectivity index (χ0n) is 12.8. The van der Waals surface area contributed by atoms with Crippen LogP contribution < -0.4 is 5.11 Å². The first-order chi connectivity index (χ1) is 11.6. The third kappa shape index (κ3) is 2.27. The molecule has 2 aromatic carbocycles. The van der Waals surface area contributed by atoms with Crippen LogP contribution in [0, 0.1) is 5.82 Å². The number of carboxylic acid groups (broad SMARTS) is 1. The summed E-state index contributed by atoms with van der Waals surface area (Å²) in [6.45, 7) is 0. The van der Waals surface area contributed by atoms with Crippen molar-refractivity contribution in [3.8, 4) is 0 Å². The van der Waals surface area contributed by atoms with Crippen molar-refractivity contribution in [1.29, 1.82) is 0 Å². The quantitative estimate of drug-likeness (QED) is 0.729. The summed E-state index contributed by atoms with van der Waals surface area (Å²) in [4.78, 5) is 16.3. The van der Waals surface area contributed by atoms with Gasteiger partial charge >= 0.3 is 0 Å². The molecule has 0 amide bonds. The minimum absolute atomic E-state index is 0.201. The Bertz CT molecular complexity index is 1010. The smallest absolute Gasteiger partial charge is 0.130 e. The first-order valence-electron chi connectivity index (χ1n) is 7.73. The SMILES string of the molecule is O=C([O-])c1c2c(nc3ccccc13)/C(=C/c1ccccc1F)CC2. The summed E-state index contributed by atoms with van der Waals surface area (Å²) in [6.07, 6.45) is 2.95. The minimum atomic E-state index is -1.20. The van der Waals surface area contributed by atoms with Gasteiger partial charge in [0.05, 0.1) is 17.2 Å². The highest BCUT2D eigenvalue weighted by Crippen LogP contribution is 2.37. The molecule has 1 aliphatic carbocycles. The molecule has 0 spiro atoms. The topological polar surface area (TPSA) is 53.0 Å². The summed E-state index contributed by atoms with van der Waals surface area (Å²) >= 11 is 0. The van der Waals surface area contributed by atoms with E-state index in [1.165, 1.54) is 6.07 Å². The van der Waals surface area contributed by atoms with Gasteiger partial charge < -0.3 is 9.90 Å². The van der Waals surface area contributed by atoms with Gasteiger partial charge in [-0.15, -0.1) is 0 Å². The van der Waals surface area contributed by atoms with Crippen molar-refractivity contribution >= 4 is 28.5 Å². The van der Waals surface area contributed by atoms with E-state index in [4.69, 9.17) is 0 Å². The van der Waals surface area contributed by atoms with E-state index in [2.05, 4.69) is 4.98 Å². The van der Waals surface area contributed by atoms with Crippen molar-refractivity contribution in [2.45, 2.75) is 12.8 Å². The second-order valence-electron chi connectivity index (χ2n) is 5.81. The molecular formula is C20H13FNO2-. The number of nitrogens with zero attached hydrogens (tertiary/aromatic N) is 1. The van der Waals surface area contributed by atoms with Gasteiger partial charge in [0.25, 0.3) is 0 Å². The lowest BCUT2D eigenvalue weighted by Crippen LogP contribution is -2.24. The third-order valence-electron chi connectivity index (χ3n) is 4.38. The van der Waals surface area contributed by atoms with Crippen LogP contribution in [-0.2, 0) is 6.42 Å². The van der Waals surface area contributed by atoms with Crippen molar-refractivity contribution in [3.05, 3.63) is 76.7 Å². The first-order valence-corrected chi connectivity index (χ1v) is 7.73. The fraction of sp³-hybridized carbons (Fsp3) is 0.100. The first kappa shape index (κ1) is 14.6. The molecule has 24 heavy (non-hydrogen) atoms. The lowest BCUT2D eigenvalue weighted by Gasteiger charge is -2.13. The number of pyridine rings is 1. The summed E-state index contributed by atoms with van der Waals surface area (Å²) < 4.78 is 13.9. The maximum atomic E-state index is 13.9. The highest BCUT2D eigenvalue weighted by molar-refractivity contribution is 6.05. The molecule has 4 rings (SSSR count). The van der Waals surface area contributed by atoms with Gasteiger partial charge in [-0.2, -0.15) is 0 Å². The van der Waals surface area contributed by atoms with Crippen molar-refractivity contribution < 1.29 is 14.3 Å². The molecule has 1 heterocycles. The molecule has 0 aliphatic heterocycles. The predicted octanol–water partition coefficient (Wildman–Crippen LogP) is 3.22. The van der Waals surface area contributed by atoms with Gasteiger partial charge in [0.1, 0.15) is 5.82 Å². The summed E-state index contributed by atoms with van der Waals surface area (Å²) in [5, 5.41) is 12.3. The van der Waals surface area contributed by atoms with E-state index < -0.39 is 5.97 Å². The van der Waals surface area contributed by atoms with Gasteiger partial charge in [-0.1, -0.05) is 36.4 Å². The van der Waals surface area contributed by atoms with Crippen molar-refractivity contribution in [1.82, 2.24) is 4.98 Å². The van der Waals surface area contributed by atoms with E-state index in [0.29, 0.717) is 40.6 Å². The second kappa shape index (κ2) is 5.57. The highest BCUT2D eigenvalue weighted by Gasteiger charge is 2.24. The molecule has 1 aromatic heterocycles. The Kier molecular flexibility index (Phi) is 3.38. The van der Waals surface area contributed by atoms with Crippen LogP contribution in [0.25, 0.3) is 22.6 Å². The number of carboxylic acids is 1. The van der Waals surface area contributed by atoms with Crippen LogP contribution in [0.1, 0.15) is 33.6 Å². The molecular weight excluding hydrogens is 305 g/mol. The van der Waals surface area contributed by atoms with Crippen LogP contribution in [0.2, 0.25) is 0 Å². The van der Waals surface area contributed by atoms with E-state index in [-0.39, 0.29) is 11.4 Å². The molecule has 0 N–H and O–H groups in total. The van der Waals surface area contributed by atoms with Crippen molar-refractivity contribution in [2.24, 2.45) is 0 Å². The number of allylic oxidation sites excluding steroid dienone is 1. The predicted molar refractivity (Wildman–Crippen MR) is 88.7 cm³/mol. The largest absolute Gasteiger partial charge is 0.545 e. The number of aromatic carboxylic acids is 1. The Balaban J connectivity index is 1.96. The number of benzene rings is 2. The van der Waals surface area contributed by atoms with Gasteiger partial charge in [0.15, 0.2) is 0 Å². The van der Waals surface area contributed by atoms with Crippen LogP contribution >= 0.6 is 0 Å². The number of hydrogen-bond acceptors (Lipinski definition) is 3. The Morgan fingerprint density at radius 3 is 2.62 bits per heavy atom. The van der Waals surface area contributed by atoms with Gasteiger partial charge in [-0.3, -0.25) is 0 Å². The number of fused-ring (bicyclic) bond motifs is 2. The lowest BCUT2D eigenvalue weighted by molar-refractivity contribution is -0.254. The maximum Gasteiger partial charge on any atom is 0.130 e. The number of aromatic nitrogens is 1. The fourth-order valence-electron chi connectivity index (χ4n) is 3.29. The fourth-order valence-corrected chi connectivity index (χ4v) is 3.29. The van der Waals surface area contributed by atoms with Crippen molar-refractivity contribution in [2.75, 3.05) is 0 Å². The average molecular weight is 318 g/mol. The monoisotopic (exact) mass is 318 g/mol. The number of hydrogen-bond donors (Lipinski definition) is 0. The number of halogens is 1. The Morgan fingerprint density at radius 1 is 1.08 bits per heavy atom. The number of carbonyl (C=O) groups is 1. The molecule has 3 aromatic rings. The number of rotatable bonds is 2. The van der Waals surface area contributed by atoms with Gasteiger partial charge in [0, 0.05) is 16.5 Å². The van der Waals surface area contributed by atoms with Crippen LogP contribution in [0.5, 0.6) is 0 Å². The normalized spacial score (nSPS) is 15.0. The summed E-state index contributed by atoms with van der Waals surface area (Å²) in [7, 11) is 0. The zero-order chi connectivity index (χ0) is 16.7. The van der Waals surface area contributed by atoms with Gasteiger partial charge in [-0.05, 0) is 42.2 Å². The third-order valence-corrected chi connectivity index (χ3v) is 4.38. The highest BCUT2D eigenvalue weighted by atomic mass is 19.1. The molecule has 118 valence electrons. The van der Waals surface area contributed by atoms with Gasteiger partial charge in [-0.25, -0.2) is 9.37 Å². The van der Waals surface area contributed by atoms with Crippen LogP contribution in [0.4, 0.5) is 4.39 Å². The molecule has 4 heteroatoms. The summed E-state index contributed by atoms with van der Waals surface area (Å²) in [5.41, 5.74) is 3.45. The molecule has 0 unspecified atom stereocenters. The van der Waals surface area contributed by atoms with E-state index in [1.807, 2.05) is 6.07 Å². The molecule has 0 fully saturated rings. The molecule has 0 saturated heterocycles. The van der Waals surface area contributed by atoms with E-state index in [9.17, 15) is 14.3 Å². The lowest BCUT2D eigenvalue weighted by atomic mass is 10.0. The summed E-state index contributed by atoms with van der Waals surface area (Å²) in [5.74, 6) is -1.50. The standard InChI is InChI=1S/C20H14FNO2/c21-16-7-3-1-5-12(16)11-13-9-10-15-18(20(23)24)14-6-2-4-8-17(14)22-19(13)15/h1-8,11H,9-10H2,(H,23,24)/p-1/b13-11+. The van der Waals surface area contributed by atoms with E-state index in [0.717, 1.165) is 5.57 Å². The molecule has 1 aliphatic rings. The average Bonchev–Trinajstić information content (AvgIpc) is 2.97. The van der Waals surface area contributed by atoms with Crippen LogP contribution in [0.15, 0.2) is 48.5 Å². The second-order valence-corrected chi connectivity index (χ2v) is 5.81. The molecule has 0 radical (unpaired) electrons. The van der Waals surface area contributed by atoms with Crippen LogP contribution in [0.3, 0.4) is 0 Å². The Morgan fingerprint density at radius 2 is 1.83 bits per heavy atom. The molecule has 0 atom stereocenters.